The van der Waals surface area contributed by atoms with Gasteiger partial charge in [-0.15, -0.1) is 11.8 Å². The van der Waals surface area contributed by atoms with E-state index in [1.807, 2.05) is 0 Å². The van der Waals surface area contributed by atoms with Crippen molar-refractivity contribution in [2.75, 3.05) is 6.26 Å². The van der Waals surface area contributed by atoms with Crippen LogP contribution in [-0.2, 0) is 11.0 Å². The highest BCUT2D eigenvalue weighted by Crippen LogP contribution is 2.33. The summed E-state index contributed by atoms with van der Waals surface area (Å²) in [6, 6.07) is 2.71. The Kier molecular flexibility index (Phi) is 4.77. The van der Waals surface area contributed by atoms with Crippen molar-refractivity contribution in [2.24, 2.45) is 0 Å². The number of aliphatic carboxylic acids is 1. The molecule has 0 aromatic heterocycles. The zero-order valence-electron chi connectivity index (χ0n) is 9.69. The maximum Gasteiger partial charge on any atom is 0.416 e. The first-order chi connectivity index (χ1) is 8.75. The zero-order valence-corrected chi connectivity index (χ0v) is 10.5. The van der Waals surface area contributed by atoms with Gasteiger partial charge in [0.05, 0.1) is 5.56 Å². The number of carbonyl (C=O) groups is 2. The van der Waals surface area contributed by atoms with E-state index in [4.69, 9.17) is 5.11 Å². The molecular weight excluding hydrogens is 281 g/mol. The third-order valence-electron chi connectivity index (χ3n) is 2.17. The van der Waals surface area contributed by atoms with E-state index in [9.17, 15) is 22.8 Å². The zero-order chi connectivity index (χ0) is 14.6. The molecule has 1 rings (SSSR count). The van der Waals surface area contributed by atoms with Crippen LogP contribution in [0.5, 0.6) is 0 Å². The van der Waals surface area contributed by atoms with E-state index in [1.165, 1.54) is 6.26 Å². The van der Waals surface area contributed by atoms with E-state index < -0.39 is 23.5 Å². The number of halogens is 3. The van der Waals surface area contributed by atoms with Crippen LogP contribution in [0.4, 0.5) is 13.2 Å². The molecule has 1 N–H and O–H groups in total. The fourth-order valence-corrected chi connectivity index (χ4v) is 1.94. The number of carboxylic acids is 1. The molecule has 0 spiro atoms. The standard InChI is InChI=1S/C12H9F3O3S/c1-19-10-6-7(12(13,14)15)2-3-8(10)9(16)4-5-11(17)18/h2-6H,1H3,(H,17,18). The van der Waals surface area contributed by atoms with Gasteiger partial charge in [0.15, 0.2) is 5.78 Å². The molecule has 0 radical (unpaired) electrons. The molecular formula is C12H9F3O3S. The third-order valence-corrected chi connectivity index (χ3v) is 2.95. The van der Waals surface area contributed by atoms with Crippen LogP contribution in [0.2, 0.25) is 0 Å². The van der Waals surface area contributed by atoms with Gasteiger partial charge in [-0.1, -0.05) is 0 Å². The van der Waals surface area contributed by atoms with Crippen LogP contribution in [0.15, 0.2) is 35.2 Å². The molecule has 0 heterocycles. The normalized spacial score (nSPS) is 11.8. The highest BCUT2D eigenvalue weighted by atomic mass is 32.2. The number of carbonyl (C=O) groups excluding carboxylic acids is 1. The van der Waals surface area contributed by atoms with Crippen molar-refractivity contribution in [3.05, 3.63) is 41.5 Å². The molecule has 3 nitrogen and oxygen atoms in total. The average molecular weight is 290 g/mol. The van der Waals surface area contributed by atoms with Crippen molar-refractivity contribution in [2.45, 2.75) is 11.1 Å². The van der Waals surface area contributed by atoms with Crippen LogP contribution in [0.1, 0.15) is 15.9 Å². The predicted octanol–water partition coefficient (Wildman–Crippen LogP) is 3.25. The lowest BCUT2D eigenvalue weighted by molar-refractivity contribution is -0.137. The van der Waals surface area contributed by atoms with Crippen molar-refractivity contribution < 1.29 is 27.9 Å². The Labute approximate surface area is 111 Å². The molecule has 0 fully saturated rings. The largest absolute Gasteiger partial charge is 0.478 e. The summed E-state index contributed by atoms with van der Waals surface area (Å²) < 4.78 is 37.5. The van der Waals surface area contributed by atoms with Crippen LogP contribution in [0, 0.1) is 0 Å². The number of alkyl halides is 3. The molecule has 1 aromatic rings. The topological polar surface area (TPSA) is 54.4 Å². The maximum absolute atomic E-state index is 12.5. The van der Waals surface area contributed by atoms with E-state index in [2.05, 4.69) is 0 Å². The second-order valence-electron chi connectivity index (χ2n) is 3.45. The van der Waals surface area contributed by atoms with Crippen molar-refractivity contribution in [3.8, 4) is 0 Å². The number of benzene rings is 1. The average Bonchev–Trinajstić information content (AvgIpc) is 2.33. The Hall–Kier alpha value is -1.76. The van der Waals surface area contributed by atoms with E-state index >= 15 is 0 Å². The lowest BCUT2D eigenvalue weighted by Crippen LogP contribution is -2.07. The summed E-state index contributed by atoms with van der Waals surface area (Å²) >= 11 is 0.986. The predicted molar refractivity (Wildman–Crippen MR) is 64.3 cm³/mol. The Morgan fingerprint density at radius 3 is 2.37 bits per heavy atom. The second-order valence-corrected chi connectivity index (χ2v) is 4.30. The van der Waals surface area contributed by atoms with Crippen molar-refractivity contribution in [1.29, 1.82) is 0 Å². The molecule has 102 valence electrons. The van der Waals surface area contributed by atoms with Crippen LogP contribution in [0.3, 0.4) is 0 Å². The number of hydrogen-bond acceptors (Lipinski definition) is 3. The van der Waals surface area contributed by atoms with E-state index in [0.717, 1.165) is 36.0 Å². The number of rotatable bonds is 4. The van der Waals surface area contributed by atoms with Crippen LogP contribution in [-0.4, -0.2) is 23.1 Å². The molecule has 0 aliphatic rings. The fraction of sp³-hybridized carbons (Fsp3) is 0.167. The molecule has 0 bridgehead atoms. The van der Waals surface area contributed by atoms with Gasteiger partial charge in [-0.05, 0) is 30.5 Å². The van der Waals surface area contributed by atoms with Crippen LogP contribution >= 0.6 is 11.8 Å². The smallest absolute Gasteiger partial charge is 0.416 e. The molecule has 1 aromatic carbocycles. The molecule has 0 unspecified atom stereocenters. The Balaban J connectivity index is 3.16. The van der Waals surface area contributed by atoms with Gasteiger partial charge in [0.1, 0.15) is 0 Å². The molecule has 7 heteroatoms. The molecule has 19 heavy (non-hydrogen) atoms. The summed E-state index contributed by atoms with van der Waals surface area (Å²) in [5.74, 6) is -1.95. The monoisotopic (exact) mass is 290 g/mol. The molecule has 0 amide bonds. The molecule has 0 saturated heterocycles. The highest BCUT2D eigenvalue weighted by molar-refractivity contribution is 7.98. The van der Waals surface area contributed by atoms with Crippen molar-refractivity contribution >= 4 is 23.5 Å². The second kappa shape index (κ2) is 5.92. The lowest BCUT2D eigenvalue weighted by atomic mass is 10.1. The van der Waals surface area contributed by atoms with E-state index in [-0.39, 0.29) is 10.5 Å². The minimum absolute atomic E-state index is 0.0398. The molecule has 0 aliphatic heterocycles. The van der Waals surface area contributed by atoms with Gasteiger partial charge in [-0.25, -0.2) is 4.79 Å². The van der Waals surface area contributed by atoms with Gasteiger partial charge in [0.2, 0.25) is 0 Å². The van der Waals surface area contributed by atoms with Gasteiger partial charge in [-0.3, -0.25) is 4.79 Å². The van der Waals surface area contributed by atoms with E-state index in [1.54, 1.807) is 0 Å². The Morgan fingerprint density at radius 2 is 1.89 bits per heavy atom. The maximum atomic E-state index is 12.5. The Bertz CT molecular complexity index is 536. The lowest BCUT2D eigenvalue weighted by Gasteiger charge is -2.10. The summed E-state index contributed by atoms with van der Waals surface area (Å²) in [6.45, 7) is 0. The summed E-state index contributed by atoms with van der Waals surface area (Å²) in [7, 11) is 0. The van der Waals surface area contributed by atoms with Gasteiger partial charge in [0, 0.05) is 16.5 Å². The van der Waals surface area contributed by atoms with Crippen LogP contribution < -0.4 is 0 Å². The molecule has 0 atom stereocenters. The van der Waals surface area contributed by atoms with Crippen molar-refractivity contribution in [3.63, 3.8) is 0 Å². The fourth-order valence-electron chi connectivity index (χ4n) is 1.31. The minimum Gasteiger partial charge on any atom is -0.478 e. The molecule has 0 aliphatic carbocycles. The number of carboxylic acid groups (broad SMARTS) is 1. The SMILES string of the molecule is CSc1cc(C(F)(F)F)ccc1C(=O)C=CC(=O)O. The summed E-state index contributed by atoms with van der Waals surface area (Å²) in [5, 5.41) is 8.39. The molecule has 0 saturated carbocycles. The quantitative estimate of drug-likeness (QED) is 0.525. The first-order valence-corrected chi connectivity index (χ1v) is 6.18. The van der Waals surface area contributed by atoms with Gasteiger partial charge >= 0.3 is 12.1 Å². The minimum atomic E-state index is -4.48. The van der Waals surface area contributed by atoms with E-state index in [0.29, 0.717) is 6.08 Å². The Morgan fingerprint density at radius 1 is 1.26 bits per heavy atom. The number of thioether (sulfide) groups is 1. The first kappa shape index (κ1) is 15.3. The number of allylic oxidation sites excluding steroid dienone is 1. The van der Waals surface area contributed by atoms with Gasteiger partial charge in [-0.2, -0.15) is 13.2 Å². The van der Waals surface area contributed by atoms with Gasteiger partial charge < -0.3 is 5.11 Å². The van der Waals surface area contributed by atoms with Gasteiger partial charge in [0.25, 0.3) is 0 Å². The highest BCUT2D eigenvalue weighted by Gasteiger charge is 2.31. The summed E-state index contributed by atoms with van der Waals surface area (Å²) in [6.07, 6.45) is -1.50. The number of hydrogen-bond donors (Lipinski definition) is 1. The van der Waals surface area contributed by atoms with Crippen molar-refractivity contribution in [1.82, 2.24) is 0 Å². The first-order valence-electron chi connectivity index (χ1n) is 4.96. The summed E-state index contributed by atoms with van der Waals surface area (Å²) in [4.78, 5) is 22.1. The van der Waals surface area contributed by atoms with Crippen LogP contribution in [0.25, 0.3) is 0 Å². The third kappa shape index (κ3) is 4.13. The summed E-state index contributed by atoms with van der Waals surface area (Å²) in [5.41, 5.74) is -0.811. The number of ketones is 1.